The van der Waals surface area contributed by atoms with Crippen LogP contribution in [0, 0.1) is 0 Å². The summed E-state index contributed by atoms with van der Waals surface area (Å²) in [5, 5.41) is 0. The Hall–Kier alpha value is -1.51. The van der Waals surface area contributed by atoms with Crippen molar-refractivity contribution in [2.75, 3.05) is 20.8 Å². The molecule has 0 spiro atoms. The summed E-state index contributed by atoms with van der Waals surface area (Å²) in [6.45, 7) is 0.935. The number of rotatable bonds is 3. The van der Waals surface area contributed by atoms with Gasteiger partial charge in [-0.1, -0.05) is 0 Å². The summed E-state index contributed by atoms with van der Waals surface area (Å²) in [6.07, 6.45) is 2.19. The van der Waals surface area contributed by atoms with Crippen LogP contribution < -0.4 is 9.47 Å². The van der Waals surface area contributed by atoms with Crippen LogP contribution in [-0.4, -0.2) is 26.5 Å². The first-order valence-corrected chi connectivity index (χ1v) is 5.11. The Bertz CT molecular complexity index is 385. The van der Waals surface area contributed by atoms with Crippen molar-refractivity contribution in [1.29, 1.82) is 0 Å². The van der Waals surface area contributed by atoms with Gasteiger partial charge in [-0.25, -0.2) is 0 Å². The number of benzene rings is 1. The Morgan fingerprint density at radius 2 is 2.07 bits per heavy atom. The van der Waals surface area contributed by atoms with Crippen LogP contribution in [-0.2, 0) is 0 Å². The number of ether oxygens (including phenoxy) is 2. The molecule has 0 radical (unpaired) electrons. The molecule has 1 aromatic carbocycles. The number of methoxy groups -OCH3 is 2. The van der Waals surface area contributed by atoms with Crippen molar-refractivity contribution in [1.82, 2.24) is 0 Å². The van der Waals surface area contributed by atoms with Crippen LogP contribution >= 0.6 is 0 Å². The molecule has 0 aliphatic carbocycles. The van der Waals surface area contributed by atoms with Crippen molar-refractivity contribution in [3.63, 3.8) is 0 Å². The Morgan fingerprint density at radius 1 is 1.20 bits per heavy atom. The summed E-state index contributed by atoms with van der Waals surface area (Å²) in [5.74, 6) is 1.66. The number of aliphatic imine (C=N–C) groups is 1. The molecule has 3 heteroatoms. The zero-order valence-electron chi connectivity index (χ0n) is 9.12. The molecule has 1 heterocycles. The number of nitrogens with zero attached hydrogens (tertiary/aromatic N) is 1. The van der Waals surface area contributed by atoms with E-state index < -0.39 is 0 Å². The van der Waals surface area contributed by atoms with Gasteiger partial charge in [0.15, 0.2) is 0 Å². The summed E-state index contributed by atoms with van der Waals surface area (Å²) >= 11 is 0. The lowest BCUT2D eigenvalue weighted by Crippen LogP contribution is -2.00. The van der Waals surface area contributed by atoms with Crippen LogP contribution in [0.3, 0.4) is 0 Å². The quantitative estimate of drug-likeness (QED) is 0.758. The fourth-order valence-corrected chi connectivity index (χ4v) is 1.80. The van der Waals surface area contributed by atoms with Crippen LogP contribution in [0.2, 0.25) is 0 Å². The second-order valence-corrected chi connectivity index (χ2v) is 3.50. The normalized spacial score (nSPS) is 14.9. The predicted octanol–water partition coefficient (Wildman–Crippen LogP) is 2.29. The predicted molar refractivity (Wildman–Crippen MR) is 60.2 cm³/mol. The van der Waals surface area contributed by atoms with Crippen molar-refractivity contribution in [2.45, 2.75) is 12.8 Å². The molecule has 0 saturated carbocycles. The minimum absolute atomic E-state index is 0.814. The molecule has 1 aromatic rings. The van der Waals surface area contributed by atoms with E-state index in [-0.39, 0.29) is 0 Å². The van der Waals surface area contributed by atoms with Crippen LogP contribution in [0.25, 0.3) is 0 Å². The number of hydrogen-bond acceptors (Lipinski definition) is 3. The van der Waals surface area contributed by atoms with Gasteiger partial charge in [0.05, 0.1) is 14.2 Å². The van der Waals surface area contributed by atoms with Crippen LogP contribution in [0.15, 0.2) is 23.2 Å². The van der Waals surface area contributed by atoms with E-state index in [1.807, 2.05) is 18.2 Å². The Morgan fingerprint density at radius 3 is 2.67 bits per heavy atom. The average molecular weight is 205 g/mol. The molecular weight excluding hydrogens is 190 g/mol. The fourth-order valence-electron chi connectivity index (χ4n) is 1.80. The van der Waals surface area contributed by atoms with Gasteiger partial charge in [0.25, 0.3) is 0 Å². The van der Waals surface area contributed by atoms with Gasteiger partial charge in [-0.05, 0) is 25.0 Å². The van der Waals surface area contributed by atoms with Crippen molar-refractivity contribution < 1.29 is 9.47 Å². The fraction of sp³-hybridized carbons (Fsp3) is 0.417. The second-order valence-electron chi connectivity index (χ2n) is 3.50. The largest absolute Gasteiger partial charge is 0.497 e. The standard InChI is InChI=1S/C12H15NO2/c1-14-9-5-6-10(12(8-9)15-2)11-4-3-7-13-11/h5-6,8H,3-4,7H2,1-2H3. The maximum absolute atomic E-state index is 5.34. The summed E-state index contributed by atoms with van der Waals surface area (Å²) in [4.78, 5) is 4.47. The van der Waals surface area contributed by atoms with Gasteiger partial charge in [0, 0.05) is 23.9 Å². The minimum Gasteiger partial charge on any atom is -0.497 e. The maximum Gasteiger partial charge on any atom is 0.131 e. The van der Waals surface area contributed by atoms with Gasteiger partial charge in [-0.3, -0.25) is 4.99 Å². The highest BCUT2D eigenvalue weighted by atomic mass is 16.5. The van der Waals surface area contributed by atoms with Gasteiger partial charge >= 0.3 is 0 Å². The lowest BCUT2D eigenvalue weighted by Gasteiger charge is -2.09. The zero-order valence-corrected chi connectivity index (χ0v) is 9.12. The molecule has 0 fully saturated rings. The van der Waals surface area contributed by atoms with Gasteiger partial charge in [0.2, 0.25) is 0 Å². The molecule has 0 saturated heterocycles. The van der Waals surface area contributed by atoms with E-state index in [1.54, 1.807) is 14.2 Å². The van der Waals surface area contributed by atoms with Crippen LogP contribution in [0.5, 0.6) is 11.5 Å². The first kappa shape index (κ1) is 10.0. The molecular formula is C12H15NO2. The van der Waals surface area contributed by atoms with E-state index in [4.69, 9.17) is 9.47 Å². The lowest BCUT2D eigenvalue weighted by atomic mass is 10.1. The highest BCUT2D eigenvalue weighted by Gasteiger charge is 2.14. The van der Waals surface area contributed by atoms with Gasteiger partial charge in [-0.2, -0.15) is 0 Å². The monoisotopic (exact) mass is 205 g/mol. The zero-order chi connectivity index (χ0) is 10.7. The molecule has 15 heavy (non-hydrogen) atoms. The highest BCUT2D eigenvalue weighted by molar-refractivity contribution is 6.03. The SMILES string of the molecule is COc1ccc(C2=NCCC2)c(OC)c1. The molecule has 1 aliphatic rings. The highest BCUT2D eigenvalue weighted by Crippen LogP contribution is 2.27. The molecule has 3 nitrogen and oxygen atoms in total. The van der Waals surface area contributed by atoms with Gasteiger partial charge in [-0.15, -0.1) is 0 Å². The van der Waals surface area contributed by atoms with Crippen molar-refractivity contribution in [3.8, 4) is 11.5 Å². The van der Waals surface area contributed by atoms with E-state index in [9.17, 15) is 0 Å². The molecule has 2 rings (SSSR count). The summed E-state index contributed by atoms with van der Waals surface area (Å²) in [5.41, 5.74) is 2.24. The maximum atomic E-state index is 5.34. The van der Waals surface area contributed by atoms with E-state index in [2.05, 4.69) is 4.99 Å². The van der Waals surface area contributed by atoms with Crippen LogP contribution in [0.1, 0.15) is 18.4 Å². The van der Waals surface area contributed by atoms with Crippen LogP contribution in [0.4, 0.5) is 0 Å². The first-order chi connectivity index (χ1) is 7.35. The Kier molecular flexibility index (Phi) is 2.90. The van der Waals surface area contributed by atoms with E-state index in [0.29, 0.717) is 0 Å². The summed E-state index contributed by atoms with van der Waals surface area (Å²) in [7, 11) is 3.33. The minimum atomic E-state index is 0.814. The average Bonchev–Trinajstić information content (AvgIpc) is 2.81. The third-order valence-corrected chi connectivity index (χ3v) is 2.59. The van der Waals surface area contributed by atoms with Crippen molar-refractivity contribution >= 4 is 5.71 Å². The molecule has 0 amide bonds. The lowest BCUT2D eigenvalue weighted by molar-refractivity contribution is 0.394. The Balaban J connectivity index is 2.38. The molecule has 0 bridgehead atoms. The molecule has 80 valence electrons. The number of hydrogen-bond donors (Lipinski definition) is 0. The Labute approximate surface area is 89.7 Å². The molecule has 0 aromatic heterocycles. The van der Waals surface area contributed by atoms with Gasteiger partial charge in [0.1, 0.15) is 11.5 Å². The summed E-state index contributed by atoms with van der Waals surface area (Å²) < 4.78 is 10.5. The van der Waals surface area contributed by atoms with Gasteiger partial charge < -0.3 is 9.47 Å². The van der Waals surface area contributed by atoms with E-state index in [0.717, 1.165) is 42.2 Å². The van der Waals surface area contributed by atoms with E-state index >= 15 is 0 Å². The first-order valence-electron chi connectivity index (χ1n) is 5.11. The topological polar surface area (TPSA) is 30.8 Å². The molecule has 0 atom stereocenters. The third-order valence-electron chi connectivity index (χ3n) is 2.59. The third kappa shape index (κ3) is 1.96. The summed E-state index contributed by atoms with van der Waals surface area (Å²) in [6, 6.07) is 5.86. The molecule has 0 N–H and O–H groups in total. The van der Waals surface area contributed by atoms with Crippen molar-refractivity contribution in [2.24, 2.45) is 4.99 Å². The van der Waals surface area contributed by atoms with Crippen molar-refractivity contribution in [3.05, 3.63) is 23.8 Å². The second kappa shape index (κ2) is 4.34. The van der Waals surface area contributed by atoms with E-state index in [1.165, 1.54) is 0 Å². The molecule has 0 unspecified atom stereocenters. The smallest absolute Gasteiger partial charge is 0.131 e. The molecule has 1 aliphatic heterocycles.